The third-order valence-corrected chi connectivity index (χ3v) is 2.45. The van der Waals surface area contributed by atoms with Crippen molar-refractivity contribution >= 4 is 13.8 Å². The van der Waals surface area contributed by atoms with Crippen LogP contribution in [0.4, 0.5) is 4.79 Å². The Morgan fingerprint density at radius 1 is 1.50 bits per heavy atom. The maximum absolute atomic E-state index is 11.3. The number of hydrogen-bond donors (Lipinski definition) is 0. The molecule has 0 spiro atoms. The highest BCUT2D eigenvalue weighted by Crippen LogP contribution is 2.44. The number of hydrogen-bond acceptors (Lipinski definition) is 6. The first-order valence-electron chi connectivity index (χ1n) is 3.64. The molecule has 0 aliphatic rings. The van der Waals surface area contributed by atoms with Gasteiger partial charge in [-0.3, -0.25) is 9.09 Å². The van der Waals surface area contributed by atoms with Crippen molar-refractivity contribution in [1.82, 2.24) is 0 Å². The lowest BCUT2D eigenvalue weighted by atomic mass is 10.6. The maximum atomic E-state index is 11.3. The minimum Gasteiger partial charge on any atom is -0.438 e. The zero-order valence-electron chi connectivity index (χ0n) is 8.26. The highest BCUT2D eigenvalue weighted by atomic mass is 31.2. The molecule has 0 heterocycles. The van der Waals surface area contributed by atoms with Crippen molar-refractivity contribution in [2.45, 2.75) is 6.29 Å². The fourth-order valence-corrected chi connectivity index (χ4v) is 1.08. The molecule has 0 aliphatic carbocycles. The van der Waals surface area contributed by atoms with E-state index in [1.54, 1.807) is 0 Å². The molecule has 14 heavy (non-hydrogen) atoms. The number of rotatable bonds is 5. The van der Waals surface area contributed by atoms with E-state index in [-0.39, 0.29) is 0 Å². The second-order valence-electron chi connectivity index (χ2n) is 2.24. The van der Waals surface area contributed by atoms with Crippen LogP contribution < -0.4 is 0 Å². The second kappa shape index (κ2) is 5.80. The van der Waals surface area contributed by atoms with Crippen molar-refractivity contribution in [3.63, 3.8) is 0 Å². The van der Waals surface area contributed by atoms with Crippen LogP contribution in [-0.2, 0) is 23.1 Å². The van der Waals surface area contributed by atoms with E-state index in [4.69, 9.17) is 4.52 Å². The molecular formula is C7H13O6P. The first kappa shape index (κ1) is 13.2. The molecule has 0 aliphatic heterocycles. The Labute approximate surface area is 82.3 Å². The lowest BCUT2D eigenvalue weighted by molar-refractivity contribution is -0.0347. The Kier molecular flexibility index (Phi) is 5.45. The van der Waals surface area contributed by atoms with Gasteiger partial charge in [0, 0.05) is 13.8 Å². The van der Waals surface area contributed by atoms with E-state index in [9.17, 15) is 9.36 Å². The summed E-state index contributed by atoms with van der Waals surface area (Å²) in [6.45, 7) is 4.57. The molecule has 0 bridgehead atoms. The number of ether oxygens (including phenoxy) is 2. The third kappa shape index (κ3) is 5.01. The number of carbonyl (C=O) groups is 1. The SMILES string of the molecule is C=C[C@@H](OC(=O)OC)O[P@](C)(=O)OC. The predicted octanol–water partition coefficient (Wildman–Crippen LogP) is 1.77. The molecule has 0 saturated heterocycles. The molecule has 7 heteroatoms. The molecule has 0 saturated carbocycles. The summed E-state index contributed by atoms with van der Waals surface area (Å²) in [7, 11) is -0.852. The molecule has 0 aromatic rings. The number of carbonyl (C=O) groups excluding carboxylic acids is 1. The fourth-order valence-electron chi connectivity index (χ4n) is 0.487. The van der Waals surface area contributed by atoms with Crippen LogP contribution in [0.15, 0.2) is 12.7 Å². The van der Waals surface area contributed by atoms with Gasteiger partial charge in [-0.2, -0.15) is 0 Å². The van der Waals surface area contributed by atoms with Gasteiger partial charge >= 0.3 is 13.8 Å². The van der Waals surface area contributed by atoms with Crippen LogP contribution in [0.1, 0.15) is 0 Å². The summed E-state index contributed by atoms with van der Waals surface area (Å²) in [5.41, 5.74) is 0. The summed E-state index contributed by atoms with van der Waals surface area (Å²) in [4.78, 5) is 10.7. The smallest absolute Gasteiger partial charge is 0.438 e. The van der Waals surface area contributed by atoms with Crippen LogP contribution in [0.2, 0.25) is 0 Å². The van der Waals surface area contributed by atoms with Crippen LogP contribution in [-0.4, -0.2) is 33.3 Å². The molecule has 0 radical (unpaired) electrons. The van der Waals surface area contributed by atoms with Crippen molar-refractivity contribution in [2.24, 2.45) is 0 Å². The summed E-state index contributed by atoms with van der Waals surface area (Å²) in [5, 5.41) is 0. The van der Waals surface area contributed by atoms with Gasteiger partial charge in [-0.15, -0.1) is 0 Å². The van der Waals surface area contributed by atoms with Crippen molar-refractivity contribution in [2.75, 3.05) is 20.9 Å². The Hall–Kier alpha value is -0.840. The van der Waals surface area contributed by atoms with E-state index < -0.39 is 20.0 Å². The standard InChI is InChI=1S/C7H13O6P/c1-5-6(12-7(8)10-2)13-14(4,9)11-3/h5-6H,1H2,2-4H3/t6-,14+/m0/s1. The monoisotopic (exact) mass is 224 g/mol. The van der Waals surface area contributed by atoms with E-state index >= 15 is 0 Å². The quantitative estimate of drug-likeness (QED) is 0.306. The third-order valence-electron chi connectivity index (χ3n) is 1.20. The van der Waals surface area contributed by atoms with Gasteiger partial charge in [-0.05, 0) is 6.08 Å². The Morgan fingerprint density at radius 2 is 2.07 bits per heavy atom. The first-order chi connectivity index (χ1) is 6.45. The molecule has 0 amide bonds. The van der Waals surface area contributed by atoms with E-state index in [1.807, 2.05) is 0 Å². The van der Waals surface area contributed by atoms with Crippen LogP contribution >= 0.6 is 7.60 Å². The van der Waals surface area contributed by atoms with Gasteiger partial charge in [0.1, 0.15) is 0 Å². The molecule has 0 aromatic carbocycles. The van der Waals surface area contributed by atoms with E-state index in [2.05, 4.69) is 20.6 Å². The summed E-state index contributed by atoms with van der Waals surface area (Å²) < 4.78 is 29.4. The van der Waals surface area contributed by atoms with Crippen LogP contribution in [0, 0.1) is 0 Å². The molecular weight excluding hydrogens is 211 g/mol. The van der Waals surface area contributed by atoms with Gasteiger partial charge in [-0.25, -0.2) is 4.79 Å². The molecule has 0 unspecified atom stereocenters. The van der Waals surface area contributed by atoms with E-state index in [0.717, 1.165) is 13.2 Å². The van der Waals surface area contributed by atoms with E-state index in [1.165, 1.54) is 13.8 Å². The largest absolute Gasteiger partial charge is 0.510 e. The Morgan fingerprint density at radius 3 is 2.43 bits per heavy atom. The highest BCUT2D eigenvalue weighted by molar-refractivity contribution is 7.52. The zero-order valence-corrected chi connectivity index (χ0v) is 9.15. The molecule has 2 atom stereocenters. The summed E-state index contributed by atoms with van der Waals surface area (Å²) in [6, 6.07) is 0. The van der Waals surface area contributed by atoms with Crippen molar-refractivity contribution < 1.29 is 27.9 Å². The minimum atomic E-state index is -3.22. The summed E-state index contributed by atoms with van der Waals surface area (Å²) >= 11 is 0. The lowest BCUT2D eigenvalue weighted by Gasteiger charge is -2.17. The normalized spacial score (nSPS) is 16.5. The summed E-state index contributed by atoms with van der Waals surface area (Å²) in [5.74, 6) is 0. The van der Waals surface area contributed by atoms with Gasteiger partial charge < -0.3 is 14.0 Å². The van der Waals surface area contributed by atoms with Crippen molar-refractivity contribution in [3.05, 3.63) is 12.7 Å². The average Bonchev–Trinajstić information content (AvgIpc) is 2.16. The zero-order chi connectivity index (χ0) is 11.2. The first-order valence-corrected chi connectivity index (χ1v) is 5.63. The van der Waals surface area contributed by atoms with Crippen molar-refractivity contribution in [3.8, 4) is 0 Å². The topological polar surface area (TPSA) is 71.1 Å². The minimum absolute atomic E-state index is 0.953. The Bertz CT molecular complexity index is 251. The maximum Gasteiger partial charge on any atom is 0.510 e. The van der Waals surface area contributed by atoms with E-state index in [0.29, 0.717) is 0 Å². The molecule has 0 fully saturated rings. The molecule has 0 N–H and O–H groups in total. The molecule has 82 valence electrons. The lowest BCUT2D eigenvalue weighted by Crippen LogP contribution is -2.18. The van der Waals surface area contributed by atoms with Crippen LogP contribution in [0.25, 0.3) is 0 Å². The van der Waals surface area contributed by atoms with Gasteiger partial charge in [0.15, 0.2) is 0 Å². The number of methoxy groups -OCH3 is 1. The van der Waals surface area contributed by atoms with Gasteiger partial charge in [0.05, 0.1) is 7.11 Å². The highest BCUT2D eigenvalue weighted by Gasteiger charge is 2.22. The van der Waals surface area contributed by atoms with Crippen molar-refractivity contribution in [1.29, 1.82) is 0 Å². The predicted molar refractivity (Wildman–Crippen MR) is 49.1 cm³/mol. The molecule has 6 nitrogen and oxygen atoms in total. The summed E-state index contributed by atoms with van der Waals surface area (Å²) in [6.07, 6.45) is -0.948. The molecule has 0 rings (SSSR count). The van der Waals surface area contributed by atoms with Crippen LogP contribution in [0.3, 0.4) is 0 Å². The van der Waals surface area contributed by atoms with Gasteiger partial charge in [0.25, 0.3) is 0 Å². The van der Waals surface area contributed by atoms with Crippen LogP contribution in [0.5, 0.6) is 0 Å². The molecule has 0 aromatic heterocycles. The van der Waals surface area contributed by atoms with Gasteiger partial charge in [-0.1, -0.05) is 6.58 Å². The van der Waals surface area contributed by atoms with Gasteiger partial charge in [0.2, 0.25) is 6.29 Å². The average molecular weight is 224 g/mol. The fraction of sp³-hybridized carbons (Fsp3) is 0.571. The Balaban J connectivity index is 4.23. The second-order valence-corrected chi connectivity index (χ2v) is 4.35.